The van der Waals surface area contributed by atoms with E-state index in [1.807, 2.05) is 0 Å². The van der Waals surface area contributed by atoms with E-state index in [-0.39, 0.29) is 29.1 Å². The lowest BCUT2D eigenvalue weighted by Crippen LogP contribution is -2.22. The van der Waals surface area contributed by atoms with Gasteiger partial charge in [-0.2, -0.15) is 0 Å². The van der Waals surface area contributed by atoms with Crippen molar-refractivity contribution in [3.63, 3.8) is 0 Å². The van der Waals surface area contributed by atoms with Crippen molar-refractivity contribution in [2.24, 2.45) is 0 Å². The lowest BCUT2D eigenvalue weighted by Gasteiger charge is -2.11. The quantitative estimate of drug-likeness (QED) is 0.777. The number of nitrogens with one attached hydrogen (secondary N) is 2. The molecule has 2 heterocycles. The van der Waals surface area contributed by atoms with E-state index in [9.17, 15) is 26.4 Å². The zero-order valence-electron chi connectivity index (χ0n) is 13.2. The first-order chi connectivity index (χ1) is 12.2. The van der Waals surface area contributed by atoms with E-state index >= 15 is 0 Å². The zero-order valence-corrected chi connectivity index (χ0v) is 14.0. The van der Waals surface area contributed by atoms with Gasteiger partial charge in [-0.1, -0.05) is 0 Å². The number of amides is 1. The van der Waals surface area contributed by atoms with Crippen LogP contribution in [0.15, 0.2) is 24.5 Å². The third-order valence-corrected chi connectivity index (χ3v) is 5.52. The third kappa shape index (κ3) is 3.93. The Morgan fingerprint density at radius 2 is 1.88 bits per heavy atom. The van der Waals surface area contributed by atoms with Gasteiger partial charge in [0.2, 0.25) is 0 Å². The van der Waals surface area contributed by atoms with Gasteiger partial charge in [-0.3, -0.25) is 4.79 Å². The number of nitrogens with zero attached hydrogens (tertiary/aromatic N) is 2. The highest BCUT2D eigenvalue weighted by Gasteiger charge is 2.28. The number of carbonyl (C=O) groups excluding carboxylic acids is 1. The van der Waals surface area contributed by atoms with Crippen molar-refractivity contribution >= 4 is 27.2 Å². The molecule has 1 fully saturated rings. The molecule has 1 aromatic carbocycles. The predicted octanol–water partition coefficient (Wildman–Crippen LogP) is 1.75. The fraction of sp³-hybridized carbons (Fsp3) is 0.267. The van der Waals surface area contributed by atoms with Gasteiger partial charge in [0.1, 0.15) is 11.5 Å². The minimum Gasteiger partial charge on any atom is -0.365 e. The molecule has 1 amide bonds. The summed E-state index contributed by atoms with van der Waals surface area (Å²) in [6.45, 7) is 0. The van der Waals surface area contributed by atoms with Crippen LogP contribution in [0, 0.1) is 17.5 Å². The highest BCUT2D eigenvalue weighted by atomic mass is 32.2. The first-order valence-corrected chi connectivity index (χ1v) is 9.31. The summed E-state index contributed by atoms with van der Waals surface area (Å²) in [5, 5.41) is 4.97. The summed E-state index contributed by atoms with van der Waals surface area (Å²) in [5.41, 5.74) is -0.715. The molecule has 0 radical (unpaired) electrons. The van der Waals surface area contributed by atoms with Crippen LogP contribution in [0.1, 0.15) is 16.9 Å². The van der Waals surface area contributed by atoms with Crippen LogP contribution in [-0.2, 0) is 9.84 Å². The van der Waals surface area contributed by atoms with E-state index in [1.165, 1.54) is 6.20 Å². The number of hydrogen-bond acceptors (Lipinski definition) is 6. The van der Waals surface area contributed by atoms with Gasteiger partial charge in [0.15, 0.2) is 27.3 Å². The summed E-state index contributed by atoms with van der Waals surface area (Å²) in [4.78, 5) is 19.8. The summed E-state index contributed by atoms with van der Waals surface area (Å²) in [5.74, 6) is -5.08. The Bertz CT molecular complexity index is 951. The summed E-state index contributed by atoms with van der Waals surface area (Å²) < 4.78 is 62.4. The molecule has 0 saturated carbocycles. The molecule has 0 bridgehead atoms. The molecule has 1 aliphatic rings. The Balaban J connectivity index is 1.67. The molecule has 2 N–H and O–H groups in total. The molecule has 1 saturated heterocycles. The molecule has 1 aliphatic heterocycles. The molecule has 1 atom stereocenters. The zero-order chi connectivity index (χ0) is 18.9. The second-order valence-corrected chi connectivity index (χ2v) is 7.94. The van der Waals surface area contributed by atoms with Crippen LogP contribution in [0.25, 0.3) is 0 Å². The summed E-state index contributed by atoms with van der Waals surface area (Å²) in [6, 6.07) is 1.28. The molecule has 0 spiro atoms. The highest BCUT2D eigenvalue weighted by Crippen LogP contribution is 2.20. The van der Waals surface area contributed by atoms with Crippen LogP contribution in [0.2, 0.25) is 0 Å². The van der Waals surface area contributed by atoms with Crippen molar-refractivity contribution in [3.8, 4) is 0 Å². The SMILES string of the molecule is O=C(Nc1ccc(F)c(F)c1F)c1cnc(NC2CCS(=O)(=O)C2)cn1. The average Bonchev–Trinajstić information content (AvgIpc) is 2.94. The van der Waals surface area contributed by atoms with Crippen LogP contribution in [-0.4, -0.2) is 41.8 Å². The smallest absolute Gasteiger partial charge is 0.275 e. The maximum Gasteiger partial charge on any atom is 0.275 e. The monoisotopic (exact) mass is 386 g/mol. The van der Waals surface area contributed by atoms with Gasteiger partial charge in [0, 0.05) is 6.04 Å². The van der Waals surface area contributed by atoms with Crippen molar-refractivity contribution < 1.29 is 26.4 Å². The van der Waals surface area contributed by atoms with Crippen molar-refractivity contribution in [1.82, 2.24) is 9.97 Å². The Morgan fingerprint density at radius 3 is 2.50 bits per heavy atom. The number of rotatable bonds is 4. The molecule has 2 aromatic rings. The summed E-state index contributed by atoms with van der Waals surface area (Å²) >= 11 is 0. The normalized spacial score (nSPS) is 18.5. The Kier molecular flexibility index (Phi) is 4.81. The number of aromatic nitrogens is 2. The van der Waals surface area contributed by atoms with Gasteiger partial charge in [-0.25, -0.2) is 31.6 Å². The lowest BCUT2D eigenvalue weighted by atomic mass is 10.2. The Morgan fingerprint density at radius 1 is 1.12 bits per heavy atom. The molecule has 138 valence electrons. The number of sulfone groups is 1. The van der Waals surface area contributed by atoms with Crippen LogP contribution < -0.4 is 10.6 Å². The van der Waals surface area contributed by atoms with E-state index in [4.69, 9.17) is 0 Å². The van der Waals surface area contributed by atoms with E-state index in [1.54, 1.807) is 0 Å². The van der Waals surface area contributed by atoms with Crippen molar-refractivity contribution in [2.75, 3.05) is 22.1 Å². The molecule has 26 heavy (non-hydrogen) atoms. The minimum atomic E-state index is -3.05. The van der Waals surface area contributed by atoms with E-state index < -0.39 is 38.9 Å². The number of hydrogen-bond donors (Lipinski definition) is 2. The number of halogens is 3. The fourth-order valence-electron chi connectivity index (χ4n) is 2.45. The van der Waals surface area contributed by atoms with Gasteiger partial charge in [0.05, 0.1) is 29.6 Å². The third-order valence-electron chi connectivity index (χ3n) is 3.75. The average molecular weight is 386 g/mol. The Hall–Kier alpha value is -2.69. The van der Waals surface area contributed by atoms with Crippen molar-refractivity contribution in [1.29, 1.82) is 0 Å². The molecule has 3 rings (SSSR count). The summed E-state index contributed by atoms with van der Waals surface area (Å²) in [6.07, 6.45) is 2.77. The first kappa shape index (κ1) is 18.1. The van der Waals surface area contributed by atoms with Gasteiger partial charge < -0.3 is 10.6 Å². The largest absolute Gasteiger partial charge is 0.365 e. The van der Waals surface area contributed by atoms with Crippen LogP contribution >= 0.6 is 0 Å². The number of benzene rings is 1. The lowest BCUT2D eigenvalue weighted by molar-refractivity contribution is 0.102. The number of anilines is 2. The van der Waals surface area contributed by atoms with Crippen molar-refractivity contribution in [2.45, 2.75) is 12.5 Å². The minimum absolute atomic E-state index is 0.00761. The summed E-state index contributed by atoms with van der Waals surface area (Å²) in [7, 11) is -3.05. The van der Waals surface area contributed by atoms with Gasteiger partial charge in [-0.15, -0.1) is 0 Å². The van der Waals surface area contributed by atoms with E-state index in [0.717, 1.165) is 12.3 Å². The standard InChI is InChI=1S/C15H13F3N4O3S/c16-9-1-2-10(14(18)13(9)17)22-15(23)11-5-20-12(6-19-11)21-8-3-4-26(24,25)7-8/h1-2,5-6,8H,3-4,7H2,(H,20,21)(H,22,23). The second kappa shape index (κ2) is 6.90. The Labute approximate surface area is 146 Å². The van der Waals surface area contributed by atoms with E-state index in [2.05, 4.69) is 20.6 Å². The van der Waals surface area contributed by atoms with Gasteiger partial charge in [0.25, 0.3) is 5.91 Å². The van der Waals surface area contributed by atoms with Crippen LogP contribution in [0.3, 0.4) is 0 Å². The molecule has 0 aliphatic carbocycles. The topological polar surface area (TPSA) is 101 Å². The first-order valence-electron chi connectivity index (χ1n) is 7.49. The highest BCUT2D eigenvalue weighted by molar-refractivity contribution is 7.91. The van der Waals surface area contributed by atoms with E-state index in [0.29, 0.717) is 12.5 Å². The van der Waals surface area contributed by atoms with Crippen molar-refractivity contribution in [3.05, 3.63) is 47.7 Å². The number of carbonyl (C=O) groups is 1. The van der Waals surface area contributed by atoms with Gasteiger partial charge >= 0.3 is 0 Å². The maximum absolute atomic E-state index is 13.6. The molecular weight excluding hydrogens is 373 g/mol. The molecule has 1 unspecified atom stereocenters. The van der Waals surface area contributed by atoms with Crippen LogP contribution in [0.4, 0.5) is 24.7 Å². The fourth-order valence-corrected chi connectivity index (χ4v) is 4.12. The molecule has 11 heteroatoms. The molecular formula is C15H13F3N4O3S. The predicted molar refractivity (Wildman–Crippen MR) is 87.0 cm³/mol. The van der Waals surface area contributed by atoms with Gasteiger partial charge in [-0.05, 0) is 18.6 Å². The molecule has 7 nitrogen and oxygen atoms in total. The second-order valence-electron chi connectivity index (χ2n) is 5.71. The van der Waals surface area contributed by atoms with Crippen LogP contribution in [0.5, 0.6) is 0 Å². The molecule has 1 aromatic heterocycles. The maximum atomic E-state index is 13.6.